The zero-order valence-electron chi connectivity index (χ0n) is 11.1. The summed E-state index contributed by atoms with van der Waals surface area (Å²) < 4.78 is 0. The lowest BCUT2D eigenvalue weighted by atomic mass is 9.94. The van der Waals surface area contributed by atoms with Crippen LogP contribution >= 0.6 is 27.5 Å². The fourth-order valence-corrected chi connectivity index (χ4v) is 2.88. The first-order valence-corrected chi connectivity index (χ1v) is 8.04. The molecule has 2 aromatic carbocycles. The third-order valence-electron chi connectivity index (χ3n) is 3.33. The molecule has 0 saturated heterocycles. The van der Waals surface area contributed by atoms with Gasteiger partial charge in [-0.3, -0.25) is 0 Å². The molecule has 0 spiro atoms. The summed E-state index contributed by atoms with van der Waals surface area (Å²) in [5, 5.41) is 1.86. The topological polar surface area (TPSA) is 0 Å². The number of hydrogen-bond donors (Lipinski definition) is 0. The molecule has 2 rings (SSSR count). The second-order valence-corrected chi connectivity index (χ2v) is 6.06. The molecule has 0 fully saturated rings. The Morgan fingerprint density at radius 3 is 2.32 bits per heavy atom. The van der Waals surface area contributed by atoms with Crippen LogP contribution in [-0.4, -0.2) is 5.33 Å². The van der Waals surface area contributed by atoms with E-state index >= 15 is 0 Å². The van der Waals surface area contributed by atoms with E-state index in [2.05, 4.69) is 59.3 Å². The molecule has 0 aliphatic rings. The molecule has 1 atom stereocenters. The van der Waals surface area contributed by atoms with Gasteiger partial charge in [-0.2, -0.15) is 0 Å². The van der Waals surface area contributed by atoms with Crippen molar-refractivity contribution in [3.63, 3.8) is 0 Å². The molecule has 0 aliphatic carbocycles. The van der Waals surface area contributed by atoms with Crippen molar-refractivity contribution in [3.8, 4) is 0 Å². The van der Waals surface area contributed by atoms with Gasteiger partial charge in [0.15, 0.2) is 0 Å². The summed E-state index contributed by atoms with van der Waals surface area (Å²) >= 11 is 9.86. The zero-order valence-corrected chi connectivity index (χ0v) is 13.4. The first-order chi connectivity index (χ1) is 9.19. The maximum absolute atomic E-state index is 6.23. The standard InChI is InChI=1S/C17H18BrCl/c1-13-6-8-14(9-7-13)10-15(12-18)11-16-4-2-3-5-17(16)19/h2-9,15H,10-12H2,1H3. The highest BCUT2D eigenvalue weighted by Gasteiger charge is 2.11. The zero-order chi connectivity index (χ0) is 13.7. The van der Waals surface area contributed by atoms with Gasteiger partial charge in [0.1, 0.15) is 0 Å². The molecule has 0 radical (unpaired) electrons. The van der Waals surface area contributed by atoms with E-state index in [0.29, 0.717) is 5.92 Å². The Morgan fingerprint density at radius 1 is 1.00 bits per heavy atom. The summed E-state index contributed by atoms with van der Waals surface area (Å²) in [5.41, 5.74) is 3.94. The van der Waals surface area contributed by atoms with Gasteiger partial charge in [0.05, 0.1) is 0 Å². The van der Waals surface area contributed by atoms with Gasteiger partial charge in [-0.1, -0.05) is 75.6 Å². The van der Waals surface area contributed by atoms with Crippen molar-refractivity contribution in [1.29, 1.82) is 0 Å². The van der Waals surface area contributed by atoms with Crippen LogP contribution in [0.2, 0.25) is 5.02 Å². The number of hydrogen-bond acceptors (Lipinski definition) is 0. The molecule has 2 aromatic rings. The van der Waals surface area contributed by atoms with Crippen LogP contribution in [0.25, 0.3) is 0 Å². The largest absolute Gasteiger partial charge is 0.0925 e. The summed E-state index contributed by atoms with van der Waals surface area (Å²) in [4.78, 5) is 0. The molecule has 0 amide bonds. The Balaban J connectivity index is 2.05. The van der Waals surface area contributed by atoms with Crippen molar-refractivity contribution in [1.82, 2.24) is 0 Å². The minimum absolute atomic E-state index is 0.572. The lowest BCUT2D eigenvalue weighted by Gasteiger charge is -2.15. The second-order valence-electron chi connectivity index (χ2n) is 5.01. The van der Waals surface area contributed by atoms with Gasteiger partial charge in [-0.25, -0.2) is 0 Å². The van der Waals surface area contributed by atoms with Crippen molar-refractivity contribution < 1.29 is 0 Å². The van der Waals surface area contributed by atoms with Gasteiger partial charge >= 0.3 is 0 Å². The van der Waals surface area contributed by atoms with Crippen LogP contribution in [0.1, 0.15) is 16.7 Å². The first kappa shape index (κ1) is 14.6. The smallest absolute Gasteiger partial charge is 0.0438 e. The molecule has 2 heteroatoms. The van der Waals surface area contributed by atoms with E-state index in [9.17, 15) is 0 Å². The average Bonchev–Trinajstić information content (AvgIpc) is 2.43. The summed E-state index contributed by atoms with van der Waals surface area (Å²) in [6.45, 7) is 2.12. The number of halogens is 2. The van der Waals surface area contributed by atoms with Crippen molar-refractivity contribution in [2.45, 2.75) is 19.8 Å². The van der Waals surface area contributed by atoms with E-state index in [4.69, 9.17) is 11.6 Å². The third kappa shape index (κ3) is 4.36. The number of aryl methyl sites for hydroxylation is 1. The fraction of sp³-hybridized carbons (Fsp3) is 0.294. The summed E-state index contributed by atoms with van der Waals surface area (Å²) in [7, 11) is 0. The van der Waals surface area contributed by atoms with E-state index in [1.165, 1.54) is 16.7 Å². The lowest BCUT2D eigenvalue weighted by Crippen LogP contribution is -2.10. The molecule has 0 bridgehead atoms. The van der Waals surface area contributed by atoms with Crippen LogP contribution in [0.15, 0.2) is 48.5 Å². The number of alkyl halides is 1. The van der Waals surface area contributed by atoms with Gasteiger partial charge in [-0.15, -0.1) is 0 Å². The lowest BCUT2D eigenvalue weighted by molar-refractivity contribution is 0.591. The van der Waals surface area contributed by atoms with Gasteiger partial charge < -0.3 is 0 Å². The Hall–Kier alpha value is -0.790. The number of benzene rings is 2. The molecular weight excluding hydrogens is 320 g/mol. The van der Waals surface area contributed by atoms with E-state index in [-0.39, 0.29) is 0 Å². The van der Waals surface area contributed by atoms with Crippen LogP contribution in [0, 0.1) is 12.8 Å². The molecule has 1 unspecified atom stereocenters. The Labute approximate surface area is 128 Å². The van der Waals surface area contributed by atoms with Crippen LogP contribution < -0.4 is 0 Å². The van der Waals surface area contributed by atoms with E-state index < -0.39 is 0 Å². The highest BCUT2D eigenvalue weighted by molar-refractivity contribution is 9.09. The monoisotopic (exact) mass is 336 g/mol. The fourth-order valence-electron chi connectivity index (χ4n) is 2.21. The minimum atomic E-state index is 0.572. The molecule has 19 heavy (non-hydrogen) atoms. The minimum Gasteiger partial charge on any atom is -0.0925 e. The normalized spacial score (nSPS) is 12.4. The van der Waals surface area contributed by atoms with E-state index in [1.807, 2.05) is 12.1 Å². The van der Waals surface area contributed by atoms with Crippen LogP contribution in [0.3, 0.4) is 0 Å². The molecule has 0 aliphatic heterocycles. The molecule has 0 aromatic heterocycles. The predicted octanol–water partition coefficient (Wildman–Crippen LogP) is 5.44. The van der Waals surface area contributed by atoms with Gasteiger partial charge in [0, 0.05) is 10.4 Å². The predicted molar refractivity (Wildman–Crippen MR) is 87.3 cm³/mol. The molecule has 0 saturated carbocycles. The second kappa shape index (κ2) is 7.12. The van der Waals surface area contributed by atoms with Gasteiger partial charge in [-0.05, 0) is 42.9 Å². The van der Waals surface area contributed by atoms with E-state index in [0.717, 1.165) is 23.2 Å². The quantitative estimate of drug-likeness (QED) is 0.637. The maximum Gasteiger partial charge on any atom is 0.0438 e. The summed E-state index contributed by atoms with van der Waals surface area (Å²) in [5.74, 6) is 0.572. The highest BCUT2D eigenvalue weighted by atomic mass is 79.9. The first-order valence-electron chi connectivity index (χ1n) is 6.54. The van der Waals surface area contributed by atoms with Crippen molar-refractivity contribution in [3.05, 3.63) is 70.2 Å². The van der Waals surface area contributed by atoms with Crippen molar-refractivity contribution >= 4 is 27.5 Å². The Morgan fingerprint density at radius 2 is 1.68 bits per heavy atom. The van der Waals surface area contributed by atoms with E-state index in [1.54, 1.807) is 0 Å². The number of rotatable bonds is 5. The van der Waals surface area contributed by atoms with Crippen molar-refractivity contribution in [2.75, 3.05) is 5.33 Å². The molecular formula is C17H18BrCl. The van der Waals surface area contributed by atoms with Gasteiger partial charge in [0.2, 0.25) is 0 Å². The SMILES string of the molecule is Cc1ccc(CC(CBr)Cc2ccccc2Cl)cc1. The Bertz CT molecular complexity index is 519. The highest BCUT2D eigenvalue weighted by Crippen LogP contribution is 2.22. The molecule has 100 valence electrons. The van der Waals surface area contributed by atoms with Crippen molar-refractivity contribution in [2.24, 2.45) is 5.92 Å². The molecule has 0 N–H and O–H groups in total. The third-order valence-corrected chi connectivity index (χ3v) is 4.61. The van der Waals surface area contributed by atoms with Crippen LogP contribution in [0.5, 0.6) is 0 Å². The Kier molecular flexibility index (Phi) is 5.47. The average molecular weight is 338 g/mol. The molecule has 0 nitrogen and oxygen atoms in total. The summed E-state index contributed by atoms with van der Waals surface area (Å²) in [6, 6.07) is 16.9. The van der Waals surface area contributed by atoms with Gasteiger partial charge in [0.25, 0.3) is 0 Å². The maximum atomic E-state index is 6.23. The molecule has 0 heterocycles. The van der Waals surface area contributed by atoms with Crippen LogP contribution in [-0.2, 0) is 12.8 Å². The van der Waals surface area contributed by atoms with Crippen LogP contribution in [0.4, 0.5) is 0 Å². The summed E-state index contributed by atoms with van der Waals surface area (Å²) in [6.07, 6.45) is 2.09.